The van der Waals surface area contributed by atoms with Crippen LogP contribution >= 0.6 is 27.9 Å². The van der Waals surface area contributed by atoms with Crippen LogP contribution in [0.4, 0.5) is 0 Å². The summed E-state index contributed by atoms with van der Waals surface area (Å²) in [5.41, 5.74) is 0.873. The molecular formula is C18H18BrClO4. The predicted molar refractivity (Wildman–Crippen MR) is 96.9 cm³/mol. The highest BCUT2D eigenvalue weighted by molar-refractivity contribution is 9.06. The zero-order chi connectivity index (χ0) is 17.4. The van der Waals surface area contributed by atoms with Crippen molar-refractivity contribution in [3.8, 4) is 11.5 Å². The van der Waals surface area contributed by atoms with E-state index < -0.39 is 0 Å². The third kappa shape index (κ3) is 5.73. The Kier molecular flexibility index (Phi) is 7.40. The number of ether oxygens (including phenoxy) is 2. The molecule has 2 aromatic rings. The molecule has 0 aromatic heterocycles. The molecule has 2 aromatic carbocycles. The van der Waals surface area contributed by atoms with Crippen molar-refractivity contribution in [2.24, 2.45) is 0 Å². The Morgan fingerprint density at radius 1 is 1.00 bits per heavy atom. The molecule has 0 aliphatic carbocycles. The highest BCUT2D eigenvalue weighted by Crippen LogP contribution is 2.21. The van der Waals surface area contributed by atoms with Gasteiger partial charge in [0, 0.05) is 11.4 Å². The molecule has 0 N–H and O–H groups in total. The molecule has 0 fully saturated rings. The first kappa shape index (κ1) is 18.6. The van der Waals surface area contributed by atoms with E-state index in [2.05, 4.69) is 20.1 Å². The van der Waals surface area contributed by atoms with Crippen LogP contribution in [-0.2, 0) is 8.62 Å². The van der Waals surface area contributed by atoms with Gasteiger partial charge in [0.1, 0.15) is 11.5 Å². The summed E-state index contributed by atoms with van der Waals surface area (Å²) in [5.74, 6) is 0.885. The smallest absolute Gasteiger partial charge is 0.324 e. The van der Waals surface area contributed by atoms with E-state index in [4.69, 9.17) is 21.1 Å². The van der Waals surface area contributed by atoms with Crippen LogP contribution in [0.25, 0.3) is 0 Å². The molecule has 0 saturated heterocycles. The summed E-state index contributed by atoms with van der Waals surface area (Å²) in [4.78, 5) is 11.5. The third-order valence-electron chi connectivity index (χ3n) is 3.45. The number of halogens is 2. The predicted octanol–water partition coefficient (Wildman–Crippen LogP) is 5.14. The van der Waals surface area contributed by atoms with E-state index >= 15 is 0 Å². The van der Waals surface area contributed by atoms with Gasteiger partial charge in [-0.15, -0.1) is 0 Å². The first-order valence-electron chi connectivity index (χ1n) is 7.53. The van der Waals surface area contributed by atoms with Gasteiger partial charge in [-0.05, 0) is 48.9 Å². The van der Waals surface area contributed by atoms with E-state index in [1.54, 1.807) is 19.1 Å². The summed E-state index contributed by atoms with van der Waals surface area (Å²) in [6.45, 7) is 2.90. The van der Waals surface area contributed by atoms with Crippen LogP contribution in [0.5, 0.6) is 11.5 Å². The molecule has 128 valence electrons. The Balaban J connectivity index is 1.70. The molecular weight excluding hydrogens is 396 g/mol. The van der Waals surface area contributed by atoms with Crippen LogP contribution < -0.4 is 9.47 Å². The molecule has 0 aliphatic rings. The number of carbonyl (C=O) groups is 1. The lowest BCUT2D eigenvalue weighted by Gasteiger charge is -2.11. The average Bonchev–Trinajstić information content (AvgIpc) is 2.62. The fraction of sp³-hybridized carbons (Fsp3) is 0.278. The number of hydrogen-bond acceptors (Lipinski definition) is 4. The molecule has 0 amide bonds. The van der Waals surface area contributed by atoms with E-state index in [9.17, 15) is 4.79 Å². The number of carbonyl (C=O) groups excluding carboxylic acids is 1. The van der Waals surface area contributed by atoms with E-state index in [-0.39, 0.29) is 11.9 Å². The molecule has 0 spiro atoms. The minimum absolute atomic E-state index is 0.328. The van der Waals surface area contributed by atoms with Gasteiger partial charge in [0.25, 0.3) is 0 Å². The van der Waals surface area contributed by atoms with Gasteiger partial charge in [-0.3, -0.25) is 4.79 Å². The van der Waals surface area contributed by atoms with Crippen LogP contribution in [0.1, 0.15) is 24.8 Å². The molecule has 0 bridgehead atoms. The molecule has 0 saturated carbocycles. The van der Waals surface area contributed by atoms with Gasteiger partial charge < -0.3 is 13.3 Å². The molecule has 6 heteroatoms. The lowest BCUT2D eigenvalue weighted by atomic mass is 10.0. The van der Waals surface area contributed by atoms with Crippen molar-refractivity contribution in [2.45, 2.75) is 19.3 Å². The topological polar surface area (TPSA) is 44.8 Å². The van der Waals surface area contributed by atoms with Gasteiger partial charge in [-0.2, -0.15) is 0 Å². The van der Waals surface area contributed by atoms with Crippen molar-refractivity contribution in [2.75, 3.05) is 13.2 Å². The first-order chi connectivity index (χ1) is 11.6. The van der Waals surface area contributed by atoms with Crippen molar-refractivity contribution >= 4 is 33.8 Å². The van der Waals surface area contributed by atoms with Gasteiger partial charge in [-0.25, -0.2) is 0 Å². The lowest BCUT2D eigenvalue weighted by molar-refractivity contribution is -0.133. The second-order valence-electron chi connectivity index (χ2n) is 5.19. The largest absolute Gasteiger partial charge is 0.493 e. The molecule has 1 atom stereocenters. The fourth-order valence-electron chi connectivity index (χ4n) is 2.03. The maximum Gasteiger partial charge on any atom is 0.324 e. The fourth-order valence-corrected chi connectivity index (χ4v) is 2.43. The van der Waals surface area contributed by atoms with Crippen LogP contribution in [-0.4, -0.2) is 19.2 Å². The van der Waals surface area contributed by atoms with Crippen molar-refractivity contribution in [1.29, 1.82) is 0 Å². The van der Waals surface area contributed by atoms with Crippen LogP contribution in [0, 0.1) is 0 Å². The minimum atomic E-state index is -0.331. The zero-order valence-electron chi connectivity index (χ0n) is 13.2. The summed E-state index contributed by atoms with van der Waals surface area (Å²) >= 11 is 8.52. The molecule has 0 heterocycles. The van der Waals surface area contributed by atoms with Crippen LogP contribution in [0.15, 0.2) is 48.5 Å². The van der Waals surface area contributed by atoms with Crippen molar-refractivity contribution in [3.05, 3.63) is 59.1 Å². The Bertz CT molecular complexity index is 643. The summed E-state index contributed by atoms with van der Waals surface area (Å²) in [7, 11) is 0. The first-order valence-corrected chi connectivity index (χ1v) is 8.56. The number of hydrogen-bond donors (Lipinski definition) is 0. The summed E-state index contributed by atoms with van der Waals surface area (Å²) in [5, 5.41) is 0.688. The highest BCUT2D eigenvalue weighted by atomic mass is 79.9. The van der Waals surface area contributed by atoms with E-state index in [1.165, 1.54) is 0 Å². The van der Waals surface area contributed by atoms with E-state index in [1.807, 2.05) is 36.4 Å². The number of benzene rings is 2. The standard InChI is InChI=1S/C18H18BrClO4/c1-13(18(21)24-19)14-3-7-16(8-4-14)22-11-2-12-23-17-9-5-15(20)6-10-17/h3-10,13H,2,11-12H2,1H3. The summed E-state index contributed by atoms with van der Waals surface area (Å²) in [6, 6.07) is 14.6. The average molecular weight is 414 g/mol. The second-order valence-corrected chi connectivity index (χ2v) is 5.95. The van der Waals surface area contributed by atoms with Gasteiger partial charge in [0.15, 0.2) is 16.3 Å². The lowest BCUT2D eigenvalue weighted by Crippen LogP contribution is -2.08. The second kappa shape index (κ2) is 9.55. The van der Waals surface area contributed by atoms with Gasteiger partial charge in [0.2, 0.25) is 0 Å². The van der Waals surface area contributed by atoms with Gasteiger partial charge in [-0.1, -0.05) is 23.7 Å². The Morgan fingerprint density at radius 3 is 2.00 bits per heavy atom. The van der Waals surface area contributed by atoms with Crippen molar-refractivity contribution in [1.82, 2.24) is 0 Å². The van der Waals surface area contributed by atoms with Crippen molar-refractivity contribution in [3.63, 3.8) is 0 Å². The van der Waals surface area contributed by atoms with Gasteiger partial charge in [0.05, 0.1) is 19.1 Å². The quantitative estimate of drug-likeness (QED) is 0.562. The van der Waals surface area contributed by atoms with Crippen LogP contribution in [0.2, 0.25) is 5.02 Å². The highest BCUT2D eigenvalue weighted by Gasteiger charge is 2.16. The number of rotatable bonds is 8. The maximum absolute atomic E-state index is 11.5. The SMILES string of the molecule is CC(C(=O)OBr)c1ccc(OCCCOc2ccc(Cl)cc2)cc1. The Labute approximate surface area is 155 Å². The molecule has 0 aliphatic heterocycles. The van der Waals surface area contributed by atoms with Crippen LogP contribution in [0.3, 0.4) is 0 Å². The van der Waals surface area contributed by atoms with Crippen molar-refractivity contribution < 1.29 is 18.1 Å². The summed E-state index contributed by atoms with van der Waals surface area (Å²) < 4.78 is 15.8. The maximum atomic E-state index is 11.5. The molecule has 1 unspecified atom stereocenters. The van der Waals surface area contributed by atoms with E-state index in [0.717, 1.165) is 23.5 Å². The zero-order valence-corrected chi connectivity index (χ0v) is 15.5. The molecule has 2 rings (SSSR count). The third-order valence-corrected chi connectivity index (χ3v) is 4.02. The van der Waals surface area contributed by atoms with Gasteiger partial charge >= 0.3 is 5.97 Å². The molecule has 4 nitrogen and oxygen atoms in total. The normalized spacial score (nSPS) is 11.6. The van der Waals surface area contributed by atoms with E-state index in [0.29, 0.717) is 18.2 Å². The molecule has 24 heavy (non-hydrogen) atoms. The summed E-state index contributed by atoms with van der Waals surface area (Å²) in [6.07, 6.45) is 0.761. The Morgan fingerprint density at radius 2 is 1.50 bits per heavy atom. The minimum Gasteiger partial charge on any atom is -0.493 e. The molecule has 0 radical (unpaired) electrons. The Hall–Kier alpha value is -1.72. The monoisotopic (exact) mass is 412 g/mol.